The maximum atomic E-state index is 11.8. The van der Waals surface area contributed by atoms with Gasteiger partial charge in [0, 0.05) is 5.69 Å². The highest BCUT2D eigenvalue weighted by atomic mass is 35.5. The zero-order valence-corrected chi connectivity index (χ0v) is 11.9. The summed E-state index contributed by atoms with van der Waals surface area (Å²) in [5.41, 5.74) is 6.45. The van der Waals surface area contributed by atoms with E-state index in [-0.39, 0.29) is 12.3 Å². The molecule has 1 aliphatic rings. The third kappa shape index (κ3) is 4.00. The fraction of sp³-hybridized carbons (Fsp3) is 0.462. The zero-order valence-electron chi connectivity index (χ0n) is 10.4. The average molecular weight is 303 g/mol. The molecular weight excluding hydrogens is 287 g/mol. The molecule has 1 saturated carbocycles. The number of hydrogen-bond acceptors (Lipinski definition) is 3. The van der Waals surface area contributed by atoms with Crippen LogP contribution >= 0.6 is 23.2 Å². The minimum atomic E-state index is -0.173. The van der Waals surface area contributed by atoms with Crippen molar-refractivity contribution < 1.29 is 9.53 Å². The van der Waals surface area contributed by atoms with Crippen molar-refractivity contribution in [2.24, 2.45) is 0 Å². The van der Waals surface area contributed by atoms with Gasteiger partial charge in [0.05, 0.1) is 34.9 Å². The molecule has 0 atom stereocenters. The second-order valence-corrected chi connectivity index (χ2v) is 5.40. The lowest BCUT2D eigenvalue weighted by molar-refractivity contribution is -0.118. The number of anilines is 2. The summed E-state index contributed by atoms with van der Waals surface area (Å²) in [6.07, 6.45) is 4.02. The van der Waals surface area contributed by atoms with Crippen LogP contribution in [-0.4, -0.2) is 18.6 Å². The van der Waals surface area contributed by atoms with Crippen molar-refractivity contribution in [2.75, 3.05) is 17.7 Å². The van der Waals surface area contributed by atoms with Crippen LogP contribution in [0, 0.1) is 0 Å². The molecule has 0 aromatic heterocycles. The Morgan fingerprint density at radius 1 is 1.37 bits per heavy atom. The molecule has 0 saturated heterocycles. The molecule has 0 aliphatic heterocycles. The van der Waals surface area contributed by atoms with Gasteiger partial charge in [0.1, 0.15) is 0 Å². The summed E-state index contributed by atoms with van der Waals surface area (Å²) in [4.78, 5) is 11.8. The van der Waals surface area contributed by atoms with Gasteiger partial charge in [0.15, 0.2) is 0 Å². The van der Waals surface area contributed by atoms with Crippen LogP contribution in [0.5, 0.6) is 0 Å². The van der Waals surface area contributed by atoms with Crippen LogP contribution in [0.2, 0.25) is 10.0 Å². The number of carbonyl (C=O) groups is 1. The number of halogens is 2. The summed E-state index contributed by atoms with van der Waals surface area (Å²) in [5.74, 6) is -0.173. The summed E-state index contributed by atoms with van der Waals surface area (Å²) in [6.45, 7) is 0.417. The average Bonchev–Trinajstić information content (AvgIpc) is 2.27. The first kappa shape index (κ1) is 14.4. The molecule has 0 radical (unpaired) electrons. The molecule has 0 bridgehead atoms. The number of nitrogens with two attached hydrogens (primary N) is 1. The number of carbonyl (C=O) groups excluding carboxylic acids is 1. The van der Waals surface area contributed by atoms with Gasteiger partial charge in [-0.15, -0.1) is 0 Å². The van der Waals surface area contributed by atoms with Crippen molar-refractivity contribution >= 4 is 40.5 Å². The van der Waals surface area contributed by atoms with Gasteiger partial charge in [-0.2, -0.15) is 0 Å². The molecule has 1 aliphatic carbocycles. The Morgan fingerprint density at radius 2 is 2.00 bits per heavy atom. The first-order valence-corrected chi connectivity index (χ1v) is 6.98. The number of nitrogens with one attached hydrogen (secondary N) is 1. The van der Waals surface area contributed by atoms with Crippen LogP contribution in [0.15, 0.2) is 12.1 Å². The molecule has 104 valence electrons. The zero-order chi connectivity index (χ0) is 13.8. The molecule has 3 N–H and O–H groups in total. The third-order valence-corrected chi connectivity index (χ3v) is 3.66. The SMILES string of the molecule is Nc1cc(Cl)c(NC(=O)CCOC2CCC2)c(Cl)c1. The van der Waals surface area contributed by atoms with Crippen molar-refractivity contribution in [1.82, 2.24) is 0 Å². The van der Waals surface area contributed by atoms with Crippen LogP contribution in [0.1, 0.15) is 25.7 Å². The second kappa shape index (κ2) is 6.46. The number of amides is 1. The van der Waals surface area contributed by atoms with E-state index < -0.39 is 0 Å². The van der Waals surface area contributed by atoms with Gasteiger partial charge in [0.25, 0.3) is 0 Å². The highest BCUT2D eigenvalue weighted by molar-refractivity contribution is 6.40. The number of benzene rings is 1. The molecule has 1 aromatic rings. The standard InChI is InChI=1S/C13H16Cl2N2O2/c14-10-6-8(16)7-11(15)13(10)17-12(18)4-5-19-9-2-1-3-9/h6-7,9H,1-5,16H2,(H,17,18). The van der Waals surface area contributed by atoms with E-state index in [2.05, 4.69) is 5.32 Å². The minimum absolute atomic E-state index is 0.173. The largest absolute Gasteiger partial charge is 0.399 e. The first-order valence-electron chi connectivity index (χ1n) is 6.22. The highest BCUT2D eigenvalue weighted by Gasteiger charge is 2.18. The lowest BCUT2D eigenvalue weighted by Gasteiger charge is -2.25. The predicted molar refractivity (Wildman–Crippen MR) is 77.7 cm³/mol. The number of rotatable bonds is 5. The molecule has 19 heavy (non-hydrogen) atoms. The van der Waals surface area contributed by atoms with Crippen LogP contribution in [-0.2, 0) is 9.53 Å². The van der Waals surface area contributed by atoms with Crippen molar-refractivity contribution in [3.63, 3.8) is 0 Å². The van der Waals surface area contributed by atoms with Gasteiger partial charge >= 0.3 is 0 Å². The van der Waals surface area contributed by atoms with E-state index in [4.69, 9.17) is 33.7 Å². The van der Waals surface area contributed by atoms with Crippen molar-refractivity contribution in [3.8, 4) is 0 Å². The van der Waals surface area contributed by atoms with E-state index in [1.165, 1.54) is 6.42 Å². The van der Waals surface area contributed by atoms with Gasteiger partial charge in [0.2, 0.25) is 5.91 Å². The van der Waals surface area contributed by atoms with Gasteiger partial charge in [-0.1, -0.05) is 23.2 Å². The van der Waals surface area contributed by atoms with E-state index in [0.29, 0.717) is 34.1 Å². The number of nitrogen functional groups attached to an aromatic ring is 1. The maximum absolute atomic E-state index is 11.8. The molecule has 1 amide bonds. The second-order valence-electron chi connectivity index (χ2n) is 4.58. The van der Waals surface area contributed by atoms with Crippen LogP contribution in [0.3, 0.4) is 0 Å². The van der Waals surface area contributed by atoms with Crippen LogP contribution < -0.4 is 11.1 Å². The van der Waals surface area contributed by atoms with E-state index in [9.17, 15) is 4.79 Å². The van der Waals surface area contributed by atoms with Crippen LogP contribution in [0.25, 0.3) is 0 Å². The minimum Gasteiger partial charge on any atom is -0.399 e. The number of hydrogen-bond donors (Lipinski definition) is 2. The Labute approximate surface area is 122 Å². The molecule has 0 unspecified atom stereocenters. The molecule has 0 heterocycles. The third-order valence-electron chi connectivity index (χ3n) is 3.06. The number of ether oxygens (including phenoxy) is 1. The van der Waals surface area contributed by atoms with Crippen molar-refractivity contribution in [1.29, 1.82) is 0 Å². The Kier molecular flexibility index (Phi) is 4.91. The van der Waals surface area contributed by atoms with Crippen LogP contribution in [0.4, 0.5) is 11.4 Å². The lowest BCUT2D eigenvalue weighted by atomic mass is 9.96. The van der Waals surface area contributed by atoms with Crippen molar-refractivity contribution in [3.05, 3.63) is 22.2 Å². The monoisotopic (exact) mass is 302 g/mol. The Hall–Kier alpha value is -0.970. The van der Waals surface area contributed by atoms with Gasteiger partial charge in [-0.3, -0.25) is 4.79 Å². The van der Waals surface area contributed by atoms with E-state index >= 15 is 0 Å². The fourth-order valence-corrected chi connectivity index (χ4v) is 2.37. The maximum Gasteiger partial charge on any atom is 0.226 e. The topological polar surface area (TPSA) is 64.3 Å². The Bertz CT molecular complexity index is 453. The highest BCUT2D eigenvalue weighted by Crippen LogP contribution is 2.32. The molecule has 1 aromatic carbocycles. The summed E-state index contributed by atoms with van der Waals surface area (Å²) in [7, 11) is 0. The summed E-state index contributed by atoms with van der Waals surface area (Å²) < 4.78 is 5.52. The summed E-state index contributed by atoms with van der Waals surface area (Å²) in [6, 6.07) is 3.10. The van der Waals surface area contributed by atoms with E-state index in [1.54, 1.807) is 12.1 Å². The first-order chi connectivity index (χ1) is 9.06. The normalized spacial score (nSPS) is 15.1. The van der Waals surface area contributed by atoms with E-state index in [0.717, 1.165) is 12.8 Å². The van der Waals surface area contributed by atoms with Gasteiger partial charge in [-0.25, -0.2) is 0 Å². The molecule has 4 nitrogen and oxygen atoms in total. The molecular formula is C13H16Cl2N2O2. The molecule has 6 heteroatoms. The Balaban J connectivity index is 1.84. The lowest BCUT2D eigenvalue weighted by Crippen LogP contribution is -2.24. The van der Waals surface area contributed by atoms with Gasteiger partial charge in [-0.05, 0) is 31.4 Å². The quantitative estimate of drug-likeness (QED) is 0.819. The Morgan fingerprint density at radius 3 is 2.53 bits per heavy atom. The summed E-state index contributed by atoms with van der Waals surface area (Å²) >= 11 is 12.0. The van der Waals surface area contributed by atoms with Crippen molar-refractivity contribution in [2.45, 2.75) is 31.8 Å². The fourth-order valence-electron chi connectivity index (χ4n) is 1.77. The molecule has 2 rings (SSSR count). The molecule has 0 spiro atoms. The van der Waals surface area contributed by atoms with Gasteiger partial charge < -0.3 is 15.8 Å². The smallest absolute Gasteiger partial charge is 0.226 e. The molecule has 1 fully saturated rings. The summed E-state index contributed by atoms with van der Waals surface area (Å²) in [5, 5.41) is 3.34. The predicted octanol–water partition coefficient (Wildman–Crippen LogP) is 3.47. The van der Waals surface area contributed by atoms with E-state index in [1.807, 2.05) is 0 Å².